The Balaban J connectivity index is 1.75. The van der Waals surface area contributed by atoms with Crippen molar-refractivity contribution in [1.29, 1.82) is 0 Å². The molecule has 2 aliphatic rings. The van der Waals surface area contributed by atoms with E-state index in [9.17, 15) is 0 Å². The largest absolute Gasteiger partial charge is 0.326 e. The second-order valence-corrected chi connectivity index (χ2v) is 5.48. The summed E-state index contributed by atoms with van der Waals surface area (Å²) in [6, 6.07) is 11.7. The molecule has 2 N–H and O–H groups in total. The van der Waals surface area contributed by atoms with Crippen LogP contribution in [0.1, 0.15) is 31.4 Å². The van der Waals surface area contributed by atoms with Crippen LogP contribution in [0.15, 0.2) is 30.3 Å². The average Bonchev–Trinajstić information content (AvgIpc) is 3.01. The summed E-state index contributed by atoms with van der Waals surface area (Å²) >= 11 is 0. The predicted molar refractivity (Wildman–Crippen MR) is 66.1 cm³/mol. The van der Waals surface area contributed by atoms with Crippen LogP contribution in [0.4, 0.5) is 0 Å². The molecule has 1 aromatic rings. The SMILES string of the molecule is C[C@@H](c1ccccc1)N1C[C@H](N)C2(CC2)C1. The van der Waals surface area contributed by atoms with E-state index in [1.807, 2.05) is 0 Å². The van der Waals surface area contributed by atoms with Gasteiger partial charge in [0.25, 0.3) is 0 Å². The zero-order chi connectivity index (χ0) is 11.2. The lowest BCUT2D eigenvalue weighted by atomic mass is 10.0. The molecule has 16 heavy (non-hydrogen) atoms. The van der Waals surface area contributed by atoms with E-state index < -0.39 is 0 Å². The summed E-state index contributed by atoms with van der Waals surface area (Å²) in [6.07, 6.45) is 2.68. The summed E-state index contributed by atoms with van der Waals surface area (Å²) in [6.45, 7) is 4.56. The highest BCUT2D eigenvalue weighted by atomic mass is 15.2. The van der Waals surface area contributed by atoms with Crippen LogP contribution in [0.2, 0.25) is 0 Å². The van der Waals surface area contributed by atoms with Crippen molar-refractivity contribution >= 4 is 0 Å². The van der Waals surface area contributed by atoms with Gasteiger partial charge in [-0.25, -0.2) is 0 Å². The van der Waals surface area contributed by atoms with E-state index >= 15 is 0 Å². The minimum absolute atomic E-state index is 0.402. The van der Waals surface area contributed by atoms with E-state index in [0.29, 0.717) is 17.5 Å². The van der Waals surface area contributed by atoms with Crippen LogP contribution in [0.25, 0.3) is 0 Å². The van der Waals surface area contributed by atoms with Gasteiger partial charge in [0.15, 0.2) is 0 Å². The van der Waals surface area contributed by atoms with E-state index in [2.05, 4.69) is 42.2 Å². The molecule has 1 saturated heterocycles. The molecule has 1 aliphatic heterocycles. The lowest BCUT2D eigenvalue weighted by Crippen LogP contribution is -2.31. The first-order chi connectivity index (χ1) is 7.71. The number of hydrogen-bond donors (Lipinski definition) is 1. The first kappa shape index (κ1) is 10.3. The van der Waals surface area contributed by atoms with Gasteiger partial charge in [-0.05, 0) is 30.7 Å². The molecule has 0 bridgehead atoms. The van der Waals surface area contributed by atoms with Crippen LogP contribution in [0.3, 0.4) is 0 Å². The molecule has 3 rings (SSSR count). The predicted octanol–water partition coefficient (Wildman–Crippen LogP) is 2.17. The van der Waals surface area contributed by atoms with Crippen LogP contribution in [-0.2, 0) is 0 Å². The standard InChI is InChI=1S/C14H20N2/c1-11(12-5-3-2-4-6-12)16-9-13(15)14(10-16)7-8-14/h2-6,11,13H,7-10,15H2,1H3/t11-,13-/m0/s1. The second kappa shape index (κ2) is 3.57. The molecule has 1 spiro atoms. The Kier molecular flexibility index (Phi) is 2.30. The maximum absolute atomic E-state index is 6.24. The molecule has 2 atom stereocenters. The molecule has 2 fully saturated rings. The fourth-order valence-electron chi connectivity index (χ4n) is 2.96. The second-order valence-electron chi connectivity index (χ2n) is 5.48. The molecule has 1 saturated carbocycles. The minimum atomic E-state index is 0.402. The Morgan fingerprint density at radius 3 is 2.56 bits per heavy atom. The maximum atomic E-state index is 6.24. The van der Waals surface area contributed by atoms with Crippen LogP contribution in [0.5, 0.6) is 0 Å². The van der Waals surface area contributed by atoms with E-state index in [-0.39, 0.29) is 0 Å². The summed E-state index contributed by atoms with van der Waals surface area (Å²) in [7, 11) is 0. The Morgan fingerprint density at radius 1 is 1.31 bits per heavy atom. The quantitative estimate of drug-likeness (QED) is 0.821. The zero-order valence-corrected chi connectivity index (χ0v) is 9.89. The van der Waals surface area contributed by atoms with E-state index in [0.717, 1.165) is 6.54 Å². The monoisotopic (exact) mass is 216 g/mol. The third-order valence-corrected chi connectivity index (χ3v) is 4.46. The van der Waals surface area contributed by atoms with Crippen molar-refractivity contribution in [3.8, 4) is 0 Å². The number of nitrogens with zero attached hydrogens (tertiary/aromatic N) is 1. The Bertz CT molecular complexity index is 370. The average molecular weight is 216 g/mol. The van der Waals surface area contributed by atoms with Gasteiger partial charge in [0.2, 0.25) is 0 Å². The zero-order valence-electron chi connectivity index (χ0n) is 9.89. The van der Waals surface area contributed by atoms with Crippen molar-refractivity contribution in [2.24, 2.45) is 11.1 Å². The first-order valence-electron chi connectivity index (χ1n) is 6.26. The minimum Gasteiger partial charge on any atom is -0.326 e. The van der Waals surface area contributed by atoms with Crippen molar-refractivity contribution < 1.29 is 0 Å². The number of benzene rings is 1. The number of nitrogens with two attached hydrogens (primary N) is 1. The molecule has 1 heterocycles. The molecule has 1 aliphatic carbocycles. The van der Waals surface area contributed by atoms with Crippen molar-refractivity contribution in [3.05, 3.63) is 35.9 Å². The molecule has 86 valence electrons. The normalized spacial score (nSPS) is 29.5. The third-order valence-electron chi connectivity index (χ3n) is 4.46. The van der Waals surface area contributed by atoms with E-state index in [1.165, 1.54) is 24.9 Å². The van der Waals surface area contributed by atoms with Gasteiger partial charge in [-0.3, -0.25) is 4.90 Å². The van der Waals surface area contributed by atoms with E-state index in [4.69, 9.17) is 5.73 Å². The maximum Gasteiger partial charge on any atom is 0.0320 e. The van der Waals surface area contributed by atoms with Crippen molar-refractivity contribution in [2.45, 2.75) is 31.8 Å². The van der Waals surface area contributed by atoms with Gasteiger partial charge in [0.1, 0.15) is 0 Å². The highest BCUT2D eigenvalue weighted by Gasteiger charge is 2.54. The Morgan fingerprint density at radius 2 is 2.00 bits per heavy atom. The topological polar surface area (TPSA) is 29.3 Å². The molecule has 0 radical (unpaired) electrons. The smallest absolute Gasteiger partial charge is 0.0320 e. The van der Waals surface area contributed by atoms with Gasteiger partial charge in [-0.1, -0.05) is 30.3 Å². The lowest BCUT2D eigenvalue weighted by molar-refractivity contribution is 0.249. The highest BCUT2D eigenvalue weighted by molar-refractivity contribution is 5.20. The Labute approximate surface area is 97.4 Å². The fraction of sp³-hybridized carbons (Fsp3) is 0.571. The van der Waals surface area contributed by atoms with Crippen molar-refractivity contribution in [1.82, 2.24) is 4.90 Å². The summed E-state index contributed by atoms with van der Waals surface area (Å²) in [5, 5.41) is 0. The molecule has 2 heteroatoms. The lowest BCUT2D eigenvalue weighted by Gasteiger charge is -2.24. The van der Waals surface area contributed by atoms with Gasteiger partial charge in [-0.15, -0.1) is 0 Å². The summed E-state index contributed by atoms with van der Waals surface area (Å²) in [5.41, 5.74) is 8.14. The first-order valence-corrected chi connectivity index (χ1v) is 6.26. The molecule has 0 aromatic heterocycles. The Hall–Kier alpha value is -0.860. The molecular weight excluding hydrogens is 196 g/mol. The van der Waals surface area contributed by atoms with Crippen molar-refractivity contribution in [2.75, 3.05) is 13.1 Å². The van der Waals surface area contributed by atoms with Crippen LogP contribution in [0, 0.1) is 5.41 Å². The fourth-order valence-corrected chi connectivity index (χ4v) is 2.96. The molecular formula is C14H20N2. The summed E-state index contributed by atoms with van der Waals surface area (Å²) in [4.78, 5) is 2.55. The summed E-state index contributed by atoms with van der Waals surface area (Å²) in [5.74, 6) is 0. The third kappa shape index (κ3) is 1.57. The highest BCUT2D eigenvalue weighted by Crippen LogP contribution is 2.53. The van der Waals surface area contributed by atoms with Crippen LogP contribution >= 0.6 is 0 Å². The van der Waals surface area contributed by atoms with Gasteiger partial charge in [-0.2, -0.15) is 0 Å². The number of rotatable bonds is 2. The molecule has 0 amide bonds. The van der Waals surface area contributed by atoms with E-state index in [1.54, 1.807) is 0 Å². The number of likely N-dealkylation sites (tertiary alicyclic amines) is 1. The van der Waals surface area contributed by atoms with Gasteiger partial charge >= 0.3 is 0 Å². The van der Waals surface area contributed by atoms with Crippen LogP contribution < -0.4 is 5.73 Å². The molecule has 0 unspecified atom stereocenters. The number of hydrogen-bond acceptors (Lipinski definition) is 2. The molecule has 2 nitrogen and oxygen atoms in total. The van der Waals surface area contributed by atoms with Gasteiger partial charge in [0, 0.05) is 25.2 Å². The van der Waals surface area contributed by atoms with Gasteiger partial charge in [0.05, 0.1) is 0 Å². The van der Waals surface area contributed by atoms with Crippen molar-refractivity contribution in [3.63, 3.8) is 0 Å². The van der Waals surface area contributed by atoms with Crippen LogP contribution in [-0.4, -0.2) is 24.0 Å². The summed E-state index contributed by atoms with van der Waals surface area (Å²) < 4.78 is 0. The molecule has 1 aromatic carbocycles. The van der Waals surface area contributed by atoms with Gasteiger partial charge < -0.3 is 5.73 Å².